The molecule has 0 aliphatic carbocycles. The van der Waals surface area contributed by atoms with Gasteiger partial charge in [0.15, 0.2) is 5.78 Å². The molecule has 0 aliphatic rings. The maximum atomic E-state index is 10.5. The molecule has 0 saturated carbocycles. The molecule has 62 valence electrons. The second-order valence-electron chi connectivity index (χ2n) is 2.23. The topological polar surface area (TPSA) is 42.9 Å². The van der Waals surface area contributed by atoms with Crippen LogP contribution in [-0.4, -0.2) is 15.8 Å². The minimum absolute atomic E-state index is 0.00931. The molecule has 3 nitrogen and oxygen atoms in total. The summed E-state index contributed by atoms with van der Waals surface area (Å²) < 4.78 is 0. The molecule has 1 rings (SSSR count). The maximum Gasteiger partial charge on any atom is 0.222 e. The largest absolute Gasteiger partial charge is 0.295 e. The van der Waals surface area contributed by atoms with E-state index in [2.05, 4.69) is 9.97 Å². The van der Waals surface area contributed by atoms with E-state index in [0.29, 0.717) is 0 Å². The van der Waals surface area contributed by atoms with Crippen molar-refractivity contribution in [1.29, 1.82) is 0 Å². The van der Waals surface area contributed by atoms with E-state index in [9.17, 15) is 4.79 Å². The van der Waals surface area contributed by atoms with Crippen LogP contribution in [0.15, 0.2) is 18.5 Å². The lowest BCUT2D eigenvalue weighted by Gasteiger charge is -1.90. The van der Waals surface area contributed by atoms with Crippen LogP contribution < -0.4 is 0 Å². The quantitative estimate of drug-likeness (QED) is 0.517. The van der Waals surface area contributed by atoms with Crippen molar-refractivity contribution in [3.8, 4) is 0 Å². The Balaban J connectivity index is 2.77. The number of carbonyl (C=O) groups excluding carboxylic acids is 1. The summed E-state index contributed by atoms with van der Waals surface area (Å²) in [6.07, 6.45) is 6.19. The second kappa shape index (κ2) is 3.97. The zero-order valence-electron chi connectivity index (χ0n) is 6.49. The van der Waals surface area contributed by atoms with Gasteiger partial charge >= 0.3 is 0 Å². The number of halogens is 1. The van der Waals surface area contributed by atoms with Gasteiger partial charge in [-0.1, -0.05) is 0 Å². The molecule has 0 atom stereocenters. The van der Waals surface area contributed by atoms with Crippen molar-refractivity contribution in [1.82, 2.24) is 9.97 Å². The van der Waals surface area contributed by atoms with Gasteiger partial charge in [-0.05, 0) is 30.7 Å². The zero-order valence-corrected chi connectivity index (χ0v) is 7.25. The summed E-state index contributed by atoms with van der Waals surface area (Å²) in [4.78, 5) is 18.0. The monoisotopic (exact) mass is 182 g/mol. The van der Waals surface area contributed by atoms with E-state index >= 15 is 0 Å². The molecule has 0 unspecified atom stereocenters. The number of ketones is 1. The van der Waals surface area contributed by atoms with Crippen molar-refractivity contribution in [2.45, 2.75) is 6.92 Å². The van der Waals surface area contributed by atoms with Crippen molar-refractivity contribution in [3.05, 3.63) is 29.3 Å². The van der Waals surface area contributed by atoms with Gasteiger partial charge in [0.1, 0.15) is 0 Å². The number of allylic oxidation sites excluding steroid dienone is 1. The first-order valence-electron chi connectivity index (χ1n) is 3.34. The highest BCUT2D eigenvalue weighted by molar-refractivity contribution is 6.28. The number of hydrogen-bond donors (Lipinski definition) is 0. The fourth-order valence-electron chi connectivity index (χ4n) is 0.622. The average Bonchev–Trinajstić information content (AvgIpc) is 2.03. The Labute approximate surface area is 75.1 Å². The molecule has 0 saturated heterocycles. The summed E-state index contributed by atoms with van der Waals surface area (Å²) in [6.45, 7) is 1.48. The number of hydrogen-bond acceptors (Lipinski definition) is 3. The van der Waals surface area contributed by atoms with E-state index < -0.39 is 0 Å². The summed E-state index contributed by atoms with van der Waals surface area (Å²) in [7, 11) is 0. The molecule has 0 spiro atoms. The lowest BCUT2D eigenvalue weighted by atomic mass is 10.3. The van der Waals surface area contributed by atoms with Crippen molar-refractivity contribution in [2.24, 2.45) is 0 Å². The highest BCUT2D eigenvalue weighted by Gasteiger charge is 1.90. The van der Waals surface area contributed by atoms with Crippen LogP contribution in [0.1, 0.15) is 12.5 Å². The molecule has 0 aliphatic heterocycles. The predicted octanol–water partition coefficient (Wildman–Crippen LogP) is 1.73. The first kappa shape index (κ1) is 8.87. The molecule has 1 aromatic heterocycles. The van der Waals surface area contributed by atoms with Crippen molar-refractivity contribution < 1.29 is 4.79 Å². The molecule has 0 bridgehead atoms. The van der Waals surface area contributed by atoms with Gasteiger partial charge in [-0.3, -0.25) is 4.79 Å². The summed E-state index contributed by atoms with van der Waals surface area (Å²) in [5.41, 5.74) is 0.759. The van der Waals surface area contributed by atoms with Crippen LogP contribution in [0.5, 0.6) is 0 Å². The third kappa shape index (κ3) is 2.80. The average molecular weight is 183 g/mol. The Kier molecular flexibility index (Phi) is 2.94. The van der Waals surface area contributed by atoms with Gasteiger partial charge in [-0.25, -0.2) is 9.97 Å². The van der Waals surface area contributed by atoms with E-state index in [-0.39, 0.29) is 11.1 Å². The molecule has 0 aromatic carbocycles. The van der Waals surface area contributed by atoms with Gasteiger partial charge in [-0.15, -0.1) is 0 Å². The van der Waals surface area contributed by atoms with Gasteiger partial charge in [0.05, 0.1) is 0 Å². The Morgan fingerprint density at radius 1 is 1.50 bits per heavy atom. The van der Waals surface area contributed by atoms with E-state index in [0.717, 1.165) is 5.56 Å². The molecular formula is C8H7ClN2O. The van der Waals surface area contributed by atoms with Gasteiger partial charge in [0.25, 0.3) is 0 Å². The second-order valence-corrected chi connectivity index (χ2v) is 2.57. The zero-order chi connectivity index (χ0) is 8.97. The number of aromatic nitrogens is 2. The lowest BCUT2D eigenvalue weighted by molar-refractivity contribution is -0.112. The van der Waals surface area contributed by atoms with Crippen LogP contribution in [-0.2, 0) is 4.79 Å². The molecule has 12 heavy (non-hydrogen) atoms. The molecule has 4 heteroatoms. The van der Waals surface area contributed by atoms with Crippen molar-refractivity contribution in [3.63, 3.8) is 0 Å². The SMILES string of the molecule is CC(=O)C=Cc1cnc(Cl)nc1. The molecule has 1 heterocycles. The number of rotatable bonds is 2. The van der Waals surface area contributed by atoms with Crippen LogP contribution in [0.25, 0.3) is 6.08 Å². The molecule has 0 radical (unpaired) electrons. The Morgan fingerprint density at radius 2 is 2.08 bits per heavy atom. The van der Waals surface area contributed by atoms with Gasteiger partial charge < -0.3 is 0 Å². The minimum atomic E-state index is -0.00931. The van der Waals surface area contributed by atoms with Crippen LogP contribution in [0.3, 0.4) is 0 Å². The third-order valence-electron chi connectivity index (χ3n) is 1.15. The molecule has 0 N–H and O–H groups in total. The van der Waals surface area contributed by atoms with Crippen molar-refractivity contribution >= 4 is 23.5 Å². The Morgan fingerprint density at radius 3 is 2.58 bits per heavy atom. The Bertz CT molecular complexity index is 305. The maximum absolute atomic E-state index is 10.5. The molecule has 0 fully saturated rings. The normalized spacial score (nSPS) is 10.5. The van der Waals surface area contributed by atoms with Crippen LogP contribution >= 0.6 is 11.6 Å². The highest BCUT2D eigenvalue weighted by atomic mass is 35.5. The Hall–Kier alpha value is -1.22. The number of carbonyl (C=O) groups is 1. The fourth-order valence-corrected chi connectivity index (χ4v) is 0.720. The summed E-state index contributed by atoms with van der Waals surface area (Å²) >= 11 is 5.46. The third-order valence-corrected chi connectivity index (χ3v) is 1.35. The fraction of sp³-hybridized carbons (Fsp3) is 0.125. The summed E-state index contributed by atoms with van der Waals surface area (Å²) in [5.74, 6) is -0.00931. The van der Waals surface area contributed by atoms with Crippen LogP contribution in [0.4, 0.5) is 0 Å². The molecular weight excluding hydrogens is 176 g/mol. The van der Waals surface area contributed by atoms with E-state index in [4.69, 9.17) is 11.6 Å². The highest BCUT2D eigenvalue weighted by Crippen LogP contribution is 2.02. The van der Waals surface area contributed by atoms with Gasteiger partial charge in [0, 0.05) is 18.0 Å². The standard InChI is InChI=1S/C8H7ClN2O/c1-6(12)2-3-7-4-10-8(9)11-5-7/h2-5H,1H3. The number of nitrogens with zero attached hydrogens (tertiary/aromatic N) is 2. The van der Waals surface area contributed by atoms with Crippen molar-refractivity contribution in [2.75, 3.05) is 0 Å². The van der Waals surface area contributed by atoms with Gasteiger partial charge in [-0.2, -0.15) is 0 Å². The van der Waals surface area contributed by atoms with E-state index in [1.54, 1.807) is 18.5 Å². The van der Waals surface area contributed by atoms with E-state index in [1.165, 1.54) is 13.0 Å². The molecule has 0 amide bonds. The first-order chi connectivity index (χ1) is 5.68. The van der Waals surface area contributed by atoms with E-state index in [1.807, 2.05) is 0 Å². The molecule has 1 aromatic rings. The minimum Gasteiger partial charge on any atom is -0.295 e. The predicted molar refractivity (Wildman–Crippen MR) is 46.8 cm³/mol. The smallest absolute Gasteiger partial charge is 0.222 e. The van der Waals surface area contributed by atoms with Crippen LogP contribution in [0.2, 0.25) is 5.28 Å². The van der Waals surface area contributed by atoms with Gasteiger partial charge in [0.2, 0.25) is 5.28 Å². The summed E-state index contributed by atoms with van der Waals surface area (Å²) in [5, 5.41) is 0.204. The summed E-state index contributed by atoms with van der Waals surface area (Å²) in [6, 6.07) is 0. The first-order valence-corrected chi connectivity index (χ1v) is 3.72. The lowest BCUT2D eigenvalue weighted by Crippen LogP contribution is -1.84. The van der Waals surface area contributed by atoms with Crippen LogP contribution in [0, 0.1) is 0 Å².